The number of ether oxygens (including phenoxy) is 3. The van der Waals surface area contributed by atoms with E-state index in [1.165, 1.54) is 0 Å². The van der Waals surface area contributed by atoms with Gasteiger partial charge in [-0.3, -0.25) is 4.79 Å². The summed E-state index contributed by atoms with van der Waals surface area (Å²) in [4.78, 5) is 19.5. The Bertz CT molecular complexity index is 1120. The van der Waals surface area contributed by atoms with Crippen molar-refractivity contribution in [1.29, 1.82) is 0 Å². The van der Waals surface area contributed by atoms with Crippen LogP contribution in [0.4, 0.5) is 11.6 Å². The summed E-state index contributed by atoms with van der Waals surface area (Å²) < 4.78 is 18.4. The minimum atomic E-state index is -0.0127. The number of rotatable bonds is 11. The Kier molecular flexibility index (Phi) is 8.22. The molecule has 3 aromatic rings. The minimum absolute atomic E-state index is 0.0127. The molecule has 0 atom stereocenters. The molecule has 3 rings (SSSR count). The predicted molar refractivity (Wildman–Crippen MR) is 135 cm³/mol. The predicted octanol–water partition coefficient (Wildman–Crippen LogP) is 3.88. The van der Waals surface area contributed by atoms with Gasteiger partial charge in [-0.1, -0.05) is 13.8 Å². The zero-order valence-corrected chi connectivity index (χ0v) is 20.8. The second-order valence-corrected chi connectivity index (χ2v) is 8.55. The Balaban J connectivity index is 2.03. The highest BCUT2D eigenvalue weighted by atomic mass is 16.5. The summed E-state index contributed by atoms with van der Waals surface area (Å²) in [6, 6.07) is 9.25. The number of methoxy groups -OCH3 is 3. The summed E-state index contributed by atoms with van der Waals surface area (Å²) in [6.45, 7) is 6.07. The fraction of sp³-hybridized carbons (Fsp3) is 0.440. The molecule has 0 saturated heterocycles. The SMILES string of the molecule is COc1cc(Nc2nc3ccc(C(=O)N(C)CC(C)C)cc3n2CCCN)cc(OC)c1OC. The van der Waals surface area contributed by atoms with Crippen molar-refractivity contribution in [3.8, 4) is 17.2 Å². The molecule has 0 aliphatic carbocycles. The van der Waals surface area contributed by atoms with Gasteiger partial charge in [0.2, 0.25) is 11.7 Å². The molecule has 1 aromatic heterocycles. The van der Waals surface area contributed by atoms with Gasteiger partial charge in [0.05, 0.1) is 32.4 Å². The molecular formula is C25H35N5O4. The maximum Gasteiger partial charge on any atom is 0.253 e. The van der Waals surface area contributed by atoms with Crippen LogP contribution in [0.1, 0.15) is 30.6 Å². The van der Waals surface area contributed by atoms with Gasteiger partial charge in [0.1, 0.15) is 0 Å². The molecule has 0 fully saturated rings. The van der Waals surface area contributed by atoms with Crippen LogP contribution in [0.15, 0.2) is 30.3 Å². The van der Waals surface area contributed by atoms with E-state index < -0.39 is 0 Å². The van der Waals surface area contributed by atoms with Crippen molar-refractivity contribution < 1.29 is 19.0 Å². The largest absolute Gasteiger partial charge is 0.493 e. The molecule has 0 spiro atoms. The number of anilines is 2. The molecule has 2 aromatic carbocycles. The molecule has 0 aliphatic rings. The number of aryl methyl sites for hydroxylation is 1. The summed E-state index contributed by atoms with van der Waals surface area (Å²) in [7, 11) is 6.55. The number of aromatic nitrogens is 2. The number of amides is 1. The average molecular weight is 470 g/mol. The van der Waals surface area contributed by atoms with Crippen LogP contribution >= 0.6 is 0 Å². The second kappa shape index (κ2) is 11.1. The lowest BCUT2D eigenvalue weighted by Gasteiger charge is -2.19. The average Bonchev–Trinajstić information content (AvgIpc) is 3.16. The van der Waals surface area contributed by atoms with Gasteiger partial charge in [-0.05, 0) is 37.1 Å². The fourth-order valence-electron chi connectivity index (χ4n) is 3.96. The first-order chi connectivity index (χ1) is 16.3. The van der Waals surface area contributed by atoms with Crippen LogP contribution in [0.3, 0.4) is 0 Å². The van der Waals surface area contributed by atoms with Crippen molar-refractivity contribution in [3.05, 3.63) is 35.9 Å². The third-order valence-corrected chi connectivity index (χ3v) is 5.49. The number of imidazole rings is 1. The van der Waals surface area contributed by atoms with E-state index in [9.17, 15) is 4.79 Å². The number of carbonyl (C=O) groups is 1. The van der Waals surface area contributed by atoms with Crippen LogP contribution in [0, 0.1) is 5.92 Å². The zero-order valence-electron chi connectivity index (χ0n) is 20.8. The lowest BCUT2D eigenvalue weighted by Crippen LogP contribution is -2.30. The van der Waals surface area contributed by atoms with E-state index in [0.717, 1.165) is 23.1 Å². The minimum Gasteiger partial charge on any atom is -0.493 e. The monoisotopic (exact) mass is 469 g/mol. The summed E-state index contributed by atoms with van der Waals surface area (Å²) >= 11 is 0. The highest BCUT2D eigenvalue weighted by Crippen LogP contribution is 2.40. The Hall–Kier alpha value is -3.46. The maximum absolute atomic E-state index is 13.0. The van der Waals surface area contributed by atoms with Crippen LogP contribution in [-0.2, 0) is 6.54 Å². The third-order valence-electron chi connectivity index (χ3n) is 5.49. The standard InChI is InChI=1S/C25H35N5O4/c1-16(2)15-29(3)24(31)17-8-9-19-20(12-17)30(11-7-10-26)25(28-19)27-18-13-21(32-4)23(34-6)22(14-18)33-5/h8-9,12-14,16H,7,10-11,15,26H2,1-6H3,(H,27,28). The van der Waals surface area contributed by atoms with E-state index in [0.29, 0.717) is 54.3 Å². The summed E-state index contributed by atoms with van der Waals surface area (Å²) in [6.07, 6.45) is 0.765. The highest BCUT2D eigenvalue weighted by Gasteiger charge is 2.18. The van der Waals surface area contributed by atoms with Gasteiger partial charge in [-0.25, -0.2) is 4.98 Å². The highest BCUT2D eigenvalue weighted by molar-refractivity contribution is 5.97. The Morgan fingerprint density at radius 2 is 1.79 bits per heavy atom. The number of nitrogens with one attached hydrogen (secondary N) is 1. The lowest BCUT2D eigenvalue weighted by atomic mass is 10.1. The first-order valence-corrected chi connectivity index (χ1v) is 11.4. The molecule has 1 heterocycles. The molecule has 34 heavy (non-hydrogen) atoms. The number of hydrogen-bond acceptors (Lipinski definition) is 7. The van der Waals surface area contributed by atoms with Crippen LogP contribution in [0.5, 0.6) is 17.2 Å². The Morgan fingerprint density at radius 3 is 2.35 bits per heavy atom. The van der Waals surface area contributed by atoms with Crippen molar-refractivity contribution in [2.24, 2.45) is 11.7 Å². The molecule has 3 N–H and O–H groups in total. The van der Waals surface area contributed by atoms with E-state index in [-0.39, 0.29) is 5.91 Å². The zero-order chi connectivity index (χ0) is 24.8. The molecule has 0 unspecified atom stereocenters. The second-order valence-electron chi connectivity index (χ2n) is 8.55. The van der Waals surface area contributed by atoms with Crippen LogP contribution in [-0.4, -0.2) is 61.8 Å². The maximum atomic E-state index is 13.0. The fourth-order valence-corrected chi connectivity index (χ4v) is 3.96. The summed E-state index contributed by atoms with van der Waals surface area (Å²) in [5, 5.41) is 3.37. The van der Waals surface area contributed by atoms with Crippen LogP contribution in [0.2, 0.25) is 0 Å². The number of hydrogen-bond donors (Lipinski definition) is 2. The first-order valence-electron chi connectivity index (χ1n) is 11.4. The number of benzene rings is 2. The number of carbonyl (C=O) groups excluding carboxylic acids is 1. The molecule has 9 nitrogen and oxygen atoms in total. The summed E-state index contributed by atoms with van der Waals surface area (Å²) in [5.74, 6) is 2.60. The van der Waals surface area contributed by atoms with E-state index in [1.54, 1.807) is 26.2 Å². The van der Waals surface area contributed by atoms with Crippen LogP contribution < -0.4 is 25.3 Å². The number of nitrogens with two attached hydrogens (primary N) is 1. The van der Waals surface area contributed by atoms with Crippen LogP contribution in [0.25, 0.3) is 11.0 Å². The number of fused-ring (bicyclic) bond motifs is 1. The van der Waals surface area contributed by atoms with E-state index in [1.807, 2.05) is 41.9 Å². The van der Waals surface area contributed by atoms with Crippen molar-refractivity contribution in [2.45, 2.75) is 26.8 Å². The first kappa shape index (κ1) is 25.2. The quantitative estimate of drug-likeness (QED) is 0.439. The number of nitrogens with zero attached hydrogens (tertiary/aromatic N) is 3. The van der Waals surface area contributed by atoms with Gasteiger partial charge >= 0.3 is 0 Å². The van der Waals surface area contributed by atoms with E-state index in [4.69, 9.17) is 24.9 Å². The molecule has 184 valence electrons. The smallest absolute Gasteiger partial charge is 0.253 e. The molecular weight excluding hydrogens is 434 g/mol. The Morgan fingerprint density at radius 1 is 1.12 bits per heavy atom. The van der Waals surface area contributed by atoms with Crippen molar-refractivity contribution in [2.75, 3.05) is 46.8 Å². The van der Waals surface area contributed by atoms with Crippen molar-refractivity contribution in [1.82, 2.24) is 14.5 Å². The molecule has 0 bridgehead atoms. The topological polar surface area (TPSA) is 104 Å². The van der Waals surface area contributed by atoms with Gasteiger partial charge in [-0.15, -0.1) is 0 Å². The van der Waals surface area contributed by atoms with Gasteiger partial charge in [0.15, 0.2) is 11.5 Å². The lowest BCUT2D eigenvalue weighted by molar-refractivity contribution is 0.0779. The van der Waals surface area contributed by atoms with Crippen molar-refractivity contribution in [3.63, 3.8) is 0 Å². The van der Waals surface area contributed by atoms with Crippen molar-refractivity contribution >= 4 is 28.6 Å². The molecule has 1 amide bonds. The normalized spacial score (nSPS) is 11.1. The van der Waals surface area contributed by atoms with E-state index in [2.05, 4.69) is 19.2 Å². The van der Waals surface area contributed by atoms with Gasteiger partial charge < -0.3 is 34.7 Å². The third kappa shape index (κ3) is 5.36. The molecule has 9 heteroatoms. The van der Waals surface area contributed by atoms with E-state index >= 15 is 0 Å². The Labute approximate surface area is 200 Å². The van der Waals surface area contributed by atoms with Gasteiger partial charge in [0.25, 0.3) is 5.91 Å². The van der Waals surface area contributed by atoms with Gasteiger partial charge in [0, 0.05) is 43.5 Å². The molecule has 0 aliphatic heterocycles. The molecule has 0 radical (unpaired) electrons. The summed E-state index contributed by atoms with van der Waals surface area (Å²) in [5.41, 5.74) is 8.81. The molecule has 0 saturated carbocycles. The van der Waals surface area contributed by atoms with Gasteiger partial charge in [-0.2, -0.15) is 0 Å².